The first kappa shape index (κ1) is 18.9. The Labute approximate surface area is 169 Å². The molecule has 1 unspecified atom stereocenters. The van der Waals surface area contributed by atoms with E-state index in [4.69, 9.17) is 15.5 Å². The summed E-state index contributed by atoms with van der Waals surface area (Å²) in [7, 11) is 0. The van der Waals surface area contributed by atoms with Crippen molar-refractivity contribution in [2.24, 2.45) is 5.73 Å². The molecule has 1 aromatic carbocycles. The van der Waals surface area contributed by atoms with Crippen LogP contribution in [0.1, 0.15) is 41.2 Å². The van der Waals surface area contributed by atoms with Crippen LogP contribution in [0.3, 0.4) is 0 Å². The summed E-state index contributed by atoms with van der Waals surface area (Å²) in [5, 5.41) is 0. The van der Waals surface area contributed by atoms with Gasteiger partial charge in [0.1, 0.15) is 11.5 Å². The molecule has 0 saturated carbocycles. The lowest BCUT2D eigenvalue weighted by atomic mass is 9.99. The van der Waals surface area contributed by atoms with Gasteiger partial charge in [-0.25, -0.2) is 0 Å². The van der Waals surface area contributed by atoms with Crippen molar-refractivity contribution in [3.05, 3.63) is 71.6 Å². The monoisotopic (exact) mass is 389 g/mol. The fourth-order valence-corrected chi connectivity index (χ4v) is 3.73. The molecular formula is C23H23N3O3. The van der Waals surface area contributed by atoms with Crippen molar-refractivity contribution in [3.63, 3.8) is 0 Å². The number of nitrogens with zero attached hydrogens (tertiary/aromatic N) is 2. The van der Waals surface area contributed by atoms with Gasteiger partial charge in [0, 0.05) is 30.3 Å². The Morgan fingerprint density at radius 2 is 2.00 bits per heavy atom. The Morgan fingerprint density at radius 1 is 1.17 bits per heavy atom. The molecule has 1 aromatic heterocycles. The SMILES string of the molecule is NC(=O)c1ccc(C2CCN(C=O)C2)nc1-c1ccc(OC2=CCCC=C2)cc1. The summed E-state index contributed by atoms with van der Waals surface area (Å²) in [6.45, 7) is 1.36. The van der Waals surface area contributed by atoms with Gasteiger partial charge in [0.05, 0.1) is 11.3 Å². The molecule has 0 radical (unpaired) electrons. The molecule has 1 saturated heterocycles. The molecule has 6 heteroatoms. The minimum absolute atomic E-state index is 0.161. The van der Waals surface area contributed by atoms with Gasteiger partial charge < -0.3 is 15.4 Å². The van der Waals surface area contributed by atoms with Crippen molar-refractivity contribution in [1.29, 1.82) is 0 Å². The van der Waals surface area contributed by atoms with E-state index in [0.29, 0.717) is 17.8 Å². The summed E-state index contributed by atoms with van der Waals surface area (Å²) in [6.07, 6.45) is 9.87. The summed E-state index contributed by atoms with van der Waals surface area (Å²) in [4.78, 5) is 29.5. The number of hydrogen-bond acceptors (Lipinski definition) is 4. The molecule has 2 amide bonds. The van der Waals surface area contributed by atoms with Crippen LogP contribution in [0.5, 0.6) is 5.75 Å². The summed E-state index contributed by atoms with van der Waals surface area (Å²) in [5.41, 5.74) is 8.18. The number of benzene rings is 1. The zero-order valence-corrected chi connectivity index (χ0v) is 16.1. The molecule has 6 nitrogen and oxygen atoms in total. The van der Waals surface area contributed by atoms with Crippen LogP contribution in [0.4, 0.5) is 0 Å². The second-order valence-electron chi connectivity index (χ2n) is 7.30. The number of nitrogens with two attached hydrogens (primary N) is 1. The molecule has 1 aliphatic carbocycles. The zero-order chi connectivity index (χ0) is 20.2. The van der Waals surface area contributed by atoms with Crippen molar-refractivity contribution in [1.82, 2.24) is 9.88 Å². The quantitative estimate of drug-likeness (QED) is 0.767. The van der Waals surface area contributed by atoms with E-state index in [1.54, 1.807) is 11.0 Å². The molecule has 2 aliphatic rings. The number of allylic oxidation sites excluding steroid dienone is 3. The largest absolute Gasteiger partial charge is 0.458 e. The van der Waals surface area contributed by atoms with Crippen LogP contribution in [0, 0.1) is 0 Å². The Balaban J connectivity index is 1.61. The van der Waals surface area contributed by atoms with E-state index in [1.807, 2.05) is 36.4 Å². The smallest absolute Gasteiger partial charge is 0.250 e. The lowest BCUT2D eigenvalue weighted by Crippen LogP contribution is -2.18. The third-order valence-corrected chi connectivity index (χ3v) is 5.29. The summed E-state index contributed by atoms with van der Waals surface area (Å²) in [5.74, 6) is 1.20. The van der Waals surface area contributed by atoms with E-state index in [9.17, 15) is 9.59 Å². The number of primary amides is 1. The standard InChI is InChI=1S/C23H23N3O3/c24-23(28)20-10-11-21(17-12-13-26(14-17)15-27)25-22(20)16-6-8-19(9-7-16)29-18-4-2-1-3-5-18/h2,4-11,15,17H,1,3,12-14H2,(H2,24,28). The molecule has 148 valence electrons. The average Bonchev–Trinajstić information content (AvgIpc) is 3.24. The highest BCUT2D eigenvalue weighted by Crippen LogP contribution is 2.30. The van der Waals surface area contributed by atoms with E-state index >= 15 is 0 Å². The van der Waals surface area contributed by atoms with Gasteiger partial charge in [0.15, 0.2) is 0 Å². The number of aromatic nitrogens is 1. The molecule has 2 aromatic rings. The number of pyridine rings is 1. The minimum Gasteiger partial charge on any atom is -0.458 e. The summed E-state index contributed by atoms with van der Waals surface area (Å²) >= 11 is 0. The predicted molar refractivity (Wildman–Crippen MR) is 110 cm³/mol. The second-order valence-corrected chi connectivity index (χ2v) is 7.30. The van der Waals surface area contributed by atoms with Crippen LogP contribution in [0.25, 0.3) is 11.3 Å². The number of hydrogen-bond donors (Lipinski definition) is 1. The molecule has 1 aliphatic heterocycles. The highest BCUT2D eigenvalue weighted by Gasteiger charge is 2.25. The van der Waals surface area contributed by atoms with E-state index in [0.717, 1.165) is 55.0 Å². The Hall–Kier alpha value is -3.41. The summed E-state index contributed by atoms with van der Waals surface area (Å²) in [6, 6.07) is 11.1. The topological polar surface area (TPSA) is 85.5 Å². The van der Waals surface area contributed by atoms with Gasteiger partial charge in [-0.2, -0.15) is 0 Å². The third-order valence-electron chi connectivity index (χ3n) is 5.29. The Bertz CT molecular complexity index is 979. The normalized spacial score (nSPS) is 18.4. The van der Waals surface area contributed by atoms with Crippen molar-refractivity contribution in [2.45, 2.75) is 25.2 Å². The number of likely N-dealkylation sites (tertiary alicyclic amines) is 1. The average molecular weight is 389 g/mol. The fraction of sp³-hybridized carbons (Fsp3) is 0.261. The number of carbonyl (C=O) groups is 2. The molecule has 2 N–H and O–H groups in total. The molecule has 0 spiro atoms. The van der Waals surface area contributed by atoms with Gasteiger partial charge in [-0.05, 0) is 67.8 Å². The zero-order valence-electron chi connectivity index (χ0n) is 16.1. The van der Waals surface area contributed by atoms with Crippen molar-refractivity contribution >= 4 is 12.3 Å². The van der Waals surface area contributed by atoms with Crippen LogP contribution in [-0.4, -0.2) is 35.3 Å². The maximum Gasteiger partial charge on any atom is 0.250 e. The van der Waals surface area contributed by atoms with Crippen LogP contribution >= 0.6 is 0 Å². The van der Waals surface area contributed by atoms with E-state index < -0.39 is 5.91 Å². The molecule has 4 rings (SSSR count). The van der Waals surface area contributed by atoms with Crippen LogP contribution in [0.15, 0.2) is 60.4 Å². The Kier molecular flexibility index (Phi) is 5.42. The van der Waals surface area contributed by atoms with Crippen LogP contribution in [-0.2, 0) is 4.79 Å². The van der Waals surface area contributed by atoms with Gasteiger partial charge >= 0.3 is 0 Å². The third kappa shape index (κ3) is 4.21. The predicted octanol–water partition coefficient (Wildman–Crippen LogP) is 3.41. The van der Waals surface area contributed by atoms with Crippen molar-refractivity contribution < 1.29 is 14.3 Å². The molecule has 29 heavy (non-hydrogen) atoms. The summed E-state index contributed by atoms with van der Waals surface area (Å²) < 4.78 is 5.88. The van der Waals surface area contributed by atoms with Gasteiger partial charge in [-0.1, -0.05) is 6.08 Å². The fourth-order valence-electron chi connectivity index (χ4n) is 3.73. The first-order valence-electron chi connectivity index (χ1n) is 9.79. The van der Waals surface area contributed by atoms with Crippen molar-refractivity contribution in [3.8, 4) is 17.0 Å². The maximum atomic E-state index is 11.9. The van der Waals surface area contributed by atoms with Gasteiger partial charge in [0.25, 0.3) is 5.91 Å². The van der Waals surface area contributed by atoms with E-state index in [2.05, 4.69) is 12.2 Å². The lowest BCUT2D eigenvalue weighted by Gasteiger charge is -2.14. The van der Waals surface area contributed by atoms with E-state index in [-0.39, 0.29) is 5.92 Å². The number of rotatable bonds is 6. The second kappa shape index (κ2) is 8.31. The highest BCUT2D eigenvalue weighted by atomic mass is 16.5. The lowest BCUT2D eigenvalue weighted by molar-refractivity contribution is -0.117. The van der Waals surface area contributed by atoms with Crippen molar-refractivity contribution in [2.75, 3.05) is 13.1 Å². The molecular weight excluding hydrogens is 366 g/mol. The number of carbonyl (C=O) groups excluding carboxylic acids is 2. The highest BCUT2D eigenvalue weighted by molar-refractivity contribution is 5.98. The van der Waals surface area contributed by atoms with Gasteiger partial charge in [-0.15, -0.1) is 0 Å². The van der Waals surface area contributed by atoms with Gasteiger partial charge in [-0.3, -0.25) is 14.6 Å². The first-order valence-corrected chi connectivity index (χ1v) is 9.79. The van der Waals surface area contributed by atoms with Crippen LogP contribution < -0.4 is 10.5 Å². The molecule has 0 bridgehead atoms. The van der Waals surface area contributed by atoms with Gasteiger partial charge in [0.2, 0.25) is 6.41 Å². The van der Waals surface area contributed by atoms with E-state index in [1.165, 1.54) is 0 Å². The van der Waals surface area contributed by atoms with Crippen LogP contribution in [0.2, 0.25) is 0 Å². The Morgan fingerprint density at radius 3 is 2.66 bits per heavy atom. The maximum absolute atomic E-state index is 11.9. The number of ether oxygens (including phenoxy) is 1. The molecule has 1 atom stereocenters. The number of amides is 2. The molecule has 2 heterocycles. The first-order chi connectivity index (χ1) is 14.1. The molecule has 1 fully saturated rings. The minimum atomic E-state index is -0.516.